The van der Waals surface area contributed by atoms with Crippen LogP contribution in [0.25, 0.3) is 0 Å². The third-order valence-electron chi connectivity index (χ3n) is 4.78. The van der Waals surface area contributed by atoms with Gasteiger partial charge < -0.3 is 9.67 Å². The smallest absolute Gasteiger partial charge is 0.0812 e. The number of fused-ring (bicyclic) bond motifs is 1. The first-order valence-electron chi connectivity index (χ1n) is 7.32. The summed E-state index contributed by atoms with van der Waals surface area (Å²) >= 11 is 0. The molecule has 0 aromatic carbocycles. The van der Waals surface area contributed by atoms with Crippen LogP contribution in [0.4, 0.5) is 0 Å². The van der Waals surface area contributed by atoms with Crippen molar-refractivity contribution >= 4 is 0 Å². The number of aromatic nitrogens is 1. The van der Waals surface area contributed by atoms with Crippen LogP contribution in [0.3, 0.4) is 0 Å². The van der Waals surface area contributed by atoms with Crippen molar-refractivity contribution in [3.63, 3.8) is 0 Å². The first-order valence-corrected chi connectivity index (χ1v) is 7.32. The fourth-order valence-electron chi connectivity index (χ4n) is 3.48. The van der Waals surface area contributed by atoms with E-state index in [1.54, 1.807) is 0 Å². The zero-order valence-corrected chi connectivity index (χ0v) is 11.8. The second kappa shape index (κ2) is 4.12. The van der Waals surface area contributed by atoms with E-state index in [-0.39, 0.29) is 11.5 Å². The van der Waals surface area contributed by atoms with Crippen LogP contribution in [-0.4, -0.2) is 9.67 Å². The zero-order chi connectivity index (χ0) is 12.9. The summed E-state index contributed by atoms with van der Waals surface area (Å²) in [5.74, 6) is 1.73. The minimum absolute atomic E-state index is 0.228. The molecular weight excluding hydrogens is 222 g/mol. The van der Waals surface area contributed by atoms with Gasteiger partial charge in [0.05, 0.1) is 6.10 Å². The fourth-order valence-corrected chi connectivity index (χ4v) is 3.48. The molecule has 0 aliphatic heterocycles. The molecule has 2 heteroatoms. The van der Waals surface area contributed by atoms with Crippen molar-refractivity contribution in [2.24, 2.45) is 17.3 Å². The van der Waals surface area contributed by atoms with Gasteiger partial charge in [-0.25, -0.2) is 0 Å². The lowest BCUT2D eigenvalue weighted by Gasteiger charge is -2.34. The highest BCUT2D eigenvalue weighted by Gasteiger charge is 2.34. The SMILES string of the molecule is CC(Cn1ccc2c1CC(C)(C)CC2O)C1CC1. The van der Waals surface area contributed by atoms with E-state index in [1.165, 1.54) is 24.1 Å². The number of hydrogen-bond acceptors (Lipinski definition) is 1. The highest BCUT2D eigenvalue weighted by Crippen LogP contribution is 2.42. The van der Waals surface area contributed by atoms with Crippen LogP contribution < -0.4 is 0 Å². The van der Waals surface area contributed by atoms with Crippen molar-refractivity contribution < 1.29 is 5.11 Å². The van der Waals surface area contributed by atoms with E-state index in [0.717, 1.165) is 31.2 Å². The van der Waals surface area contributed by atoms with E-state index in [1.807, 2.05) is 0 Å². The van der Waals surface area contributed by atoms with Crippen molar-refractivity contribution in [1.29, 1.82) is 0 Å². The van der Waals surface area contributed by atoms with Crippen LogP contribution in [0.5, 0.6) is 0 Å². The maximum absolute atomic E-state index is 10.3. The summed E-state index contributed by atoms with van der Waals surface area (Å²) in [4.78, 5) is 0. The summed E-state index contributed by atoms with van der Waals surface area (Å²) in [6.45, 7) is 8.03. The van der Waals surface area contributed by atoms with Crippen LogP contribution in [0, 0.1) is 17.3 Å². The number of aliphatic hydroxyl groups is 1. The Morgan fingerprint density at radius 2 is 2.17 bits per heavy atom. The third-order valence-corrected chi connectivity index (χ3v) is 4.78. The van der Waals surface area contributed by atoms with Gasteiger partial charge in [0.2, 0.25) is 0 Å². The van der Waals surface area contributed by atoms with E-state index in [0.29, 0.717) is 0 Å². The minimum atomic E-state index is -0.263. The Morgan fingerprint density at radius 1 is 1.44 bits per heavy atom. The van der Waals surface area contributed by atoms with Crippen LogP contribution in [0.1, 0.15) is 57.4 Å². The van der Waals surface area contributed by atoms with Gasteiger partial charge in [-0.3, -0.25) is 0 Å². The first kappa shape index (κ1) is 12.3. The molecule has 2 aliphatic rings. The Bertz CT molecular complexity index is 442. The van der Waals surface area contributed by atoms with Crippen LogP contribution in [0.2, 0.25) is 0 Å². The summed E-state index contributed by atoms with van der Waals surface area (Å²) in [6, 6.07) is 2.13. The van der Waals surface area contributed by atoms with Gasteiger partial charge in [0.1, 0.15) is 0 Å². The van der Waals surface area contributed by atoms with Crippen molar-refractivity contribution in [1.82, 2.24) is 4.57 Å². The number of rotatable bonds is 3. The molecule has 1 saturated carbocycles. The normalized spacial score (nSPS) is 27.9. The summed E-state index contributed by atoms with van der Waals surface area (Å²) in [5, 5.41) is 10.3. The third kappa shape index (κ3) is 2.23. The van der Waals surface area contributed by atoms with Crippen molar-refractivity contribution in [2.45, 2.75) is 59.1 Å². The van der Waals surface area contributed by atoms with Crippen molar-refractivity contribution in [3.8, 4) is 0 Å². The molecule has 3 rings (SSSR count). The molecule has 1 N–H and O–H groups in total. The van der Waals surface area contributed by atoms with Gasteiger partial charge in [0.25, 0.3) is 0 Å². The van der Waals surface area contributed by atoms with Gasteiger partial charge in [-0.2, -0.15) is 0 Å². The zero-order valence-electron chi connectivity index (χ0n) is 11.8. The number of aliphatic hydroxyl groups excluding tert-OH is 1. The summed E-state index contributed by atoms with van der Waals surface area (Å²) < 4.78 is 2.41. The van der Waals surface area contributed by atoms with Crippen LogP contribution >= 0.6 is 0 Å². The van der Waals surface area contributed by atoms with Crippen LogP contribution in [0.15, 0.2) is 12.3 Å². The molecule has 2 aliphatic carbocycles. The second-order valence-electron chi connectivity index (χ2n) is 7.25. The average Bonchev–Trinajstić information content (AvgIpc) is 3.03. The maximum atomic E-state index is 10.3. The second-order valence-corrected chi connectivity index (χ2v) is 7.25. The van der Waals surface area contributed by atoms with Crippen molar-refractivity contribution in [2.75, 3.05) is 0 Å². The van der Waals surface area contributed by atoms with Crippen LogP contribution in [-0.2, 0) is 13.0 Å². The van der Waals surface area contributed by atoms with Gasteiger partial charge in [0, 0.05) is 24.0 Å². The lowest BCUT2D eigenvalue weighted by atomic mass is 9.75. The lowest BCUT2D eigenvalue weighted by Crippen LogP contribution is -2.27. The molecule has 2 atom stereocenters. The Balaban J connectivity index is 1.84. The largest absolute Gasteiger partial charge is 0.388 e. The number of nitrogens with zero attached hydrogens (tertiary/aromatic N) is 1. The minimum Gasteiger partial charge on any atom is -0.388 e. The van der Waals surface area contributed by atoms with Gasteiger partial charge in [-0.1, -0.05) is 20.8 Å². The Kier molecular flexibility index (Phi) is 2.81. The Labute approximate surface area is 110 Å². The van der Waals surface area contributed by atoms with E-state index >= 15 is 0 Å². The Hall–Kier alpha value is -0.760. The highest BCUT2D eigenvalue weighted by molar-refractivity contribution is 5.29. The fraction of sp³-hybridized carbons (Fsp3) is 0.750. The topological polar surface area (TPSA) is 25.2 Å². The summed E-state index contributed by atoms with van der Waals surface area (Å²) in [7, 11) is 0. The molecule has 0 amide bonds. The van der Waals surface area contributed by atoms with Gasteiger partial charge in [0.15, 0.2) is 0 Å². The molecule has 0 spiro atoms. The molecule has 0 bridgehead atoms. The Morgan fingerprint density at radius 3 is 2.83 bits per heavy atom. The predicted molar refractivity (Wildman–Crippen MR) is 73.4 cm³/mol. The molecule has 100 valence electrons. The van der Waals surface area contributed by atoms with Gasteiger partial charge in [-0.05, 0) is 49.0 Å². The molecular formula is C16H25NO. The van der Waals surface area contributed by atoms with Gasteiger partial charge in [-0.15, -0.1) is 0 Å². The first-order chi connectivity index (χ1) is 8.46. The molecule has 2 nitrogen and oxygen atoms in total. The quantitative estimate of drug-likeness (QED) is 0.868. The standard InChI is InChI=1S/C16H25NO/c1-11(12-4-5-12)10-17-7-6-13-14(17)8-16(2,3)9-15(13)18/h6-7,11-12,15,18H,4-5,8-10H2,1-3H3. The molecule has 1 fully saturated rings. The lowest BCUT2D eigenvalue weighted by molar-refractivity contribution is 0.0976. The average molecular weight is 247 g/mol. The predicted octanol–water partition coefficient (Wildman–Crippen LogP) is 3.54. The van der Waals surface area contributed by atoms with E-state index in [2.05, 4.69) is 37.6 Å². The number of hydrogen-bond donors (Lipinski definition) is 1. The molecule has 0 saturated heterocycles. The molecule has 18 heavy (non-hydrogen) atoms. The molecule has 1 aromatic rings. The van der Waals surface area contributed by atoms with Gasteiger partial charge >= 0.3 is 0 Å². The molecule has 1 aromatic heterocycles. The van der Waals surface area contributed by atoms with E-state index < -0.39 is 0 Å². The monoisotopic (exact) mass is 247 g/mol. The maximum Gasteiger partial charge on any atom is 0.0812 e. The molecule has 1 heterocycles. The van der Waals surface area contributed by atoms with Crippen molar-refractivity contribution in [3.05, 3.63) is 23.5 Å². The summed E-state index contributed by atoms with van der Waals surface area (Å²) in [6.07, 6.45) is 6.75. The van der Waals surface area contributed by atoms with E-state index in [9.17, 15) is 5.11 Å². The van der Waals surface area contributed by atoms with E-state index in [4.69, 9.17) is 0 Å². The molecule has 0 radical (unpaired) electrons. The summed E-state index contributed by atoms with van der Waals surface area (Å²) in [5.41, 5.74) is 2.79. The molecule has 2 unspecified atom stereocenters. The highest BCUT2D eigenvalue weighted by atomic mass is 16.3.